The van der Waals surface area contributed by atoms with Crippen LogP contribution in [0.4, 0.5) is 11.4 Å². The van der Waals surface area contributed by atoms with Crippen LogP contribution in [0.3, 0.4) is 0 Å². The largest absolute Gasteiger partial charge is 0.457 e. The molecule has 0 fully saturated rings. The van der Waals surface area contributed by atoms with Crippen LogP contribution in [0.25, 0.3) is 0 Å². The first-order chi connectivity index (χ1) is 19.1. The van der Waals surface area contributed by atoms with Crippen LogP contribution in [0.1, 0.15) is 50.7 Å². The van der Waals surface area contributed by atoms with Gasteiger partial charge in [0.1, 0.15) is 23.0 Å². The molecule has 8 nitrogen and oxygen atoms in total. The Labute approximate surface area is 232 Å². The highest BCUT2D eigenvalue weighted by Crippen LogP contribution is 2.44. The van der Waals surface area contributed by atoms with Gasteiger partial charge in [0.25, 0.3) is 23.6 Å². The lowest BCUT2D eigenvalue weighted by Crippen LogP contribution is -2.29. The predicted octanol–water partition coefficient (Wildman–Crippen LogP) is 6.38. The predicted molar refractivity (Wildman–Crippen MR) is 151 cm³/mol. The molecule has 202 valence electrons. The summed E-state index contributed by atoms with van der Waals surface area (Å²) in [5.74, 6) is 1.08. The lowest BCUT2D eigenvalue weighted by molar-refractivity contribution is -0.121. The molecule has 0 bridgehead atoms. The van der Waals surface area contributed by atoms with Crippen molar-refractivity contribution in [3.63, 3.8) is 0 Å². The number of hydrogen-bond donors (Lipinski definition) is 0. The number of hydrogen-bond acceptors (Lipinski definition) is 6. The third-order valence-electron chi connectivity index (χ3n) is 6.64. The Bertz CT molecular complexity index is 1530. The lowest BCUT2D eigenvalue weighted by Gasteiger charge is -2.23. The van der Waals surface area contributed by atoms with Gasteiger partial charge in [-0.15, -0.1) is 0 Å². The molecular formula is C32H28N2O6. The monoisotopic (exact) mass is 536 g/mol. The summed E-state index contributed by atoms with van der Waals surface area (Å²) in [6.07, 6.45) is 4.99. The highest BCUT2D eigenvalue weighted by atomic mass is 16.5. The number of rotatable bonds is 8. The van der Waals surface area contributed by atoms with E-state index >= 15 is 0 Å². The standard InChI is InChI=1S/C32H28N2O6/c1-19(2)25-13-14-26(39-23-9-5-21(6-10-23)33-27(35)15-16-28(33)36)31(20(3)4)32(25)40-24-11-7-22(8-12-24)34-29(37)17-18-30(34)38/h5-20H,1-4H3. The highest BCUT2D eigenvalue weighted by molar-refractivity contribution is 6.28. The minimum atomic E-state index is -0.379. The summed E-state index contributed by atoms with van der Waals surface area (Å²) in [5.41, 5.74) is 2.81. The van der Waals surface area contributed by atoms with Crippen molar-refractivity contribution in [3.05, 3.63) is 96.1 Å². The van der Waals surface area contributed by atoms with Crippen LogP contribution in [0.2, 0.25) is 0 Å². The van der Waals surface area contributed by atoms with Crippen molar-refractivity contribution in [2.24, 2.45) is 0 Å². The van der Waals surface area contributed by atoms with Crippen LogP contribution in [0, 0.1) is 0 Å². The smallest absolute Gasteiger partial charge is 0.258 e. The first kappa shape index (κ1) is 26.6. The number of anilines is 2. The van der Waals surface area contributed by atoms with E-state index in [2.05, 4.69) is 27.7 Å². The van der Waals surface area contributed by atoms with Gasteiger partial charge in [-0.2, -0.15) is 0 Å². The number of nitrogens with zero attached hydrogens (tertiary/aromatic N) is 2. The molecule has 4 amide bonds. The molecule has 8 heteroatoms. The number of amides is 4. The van der Waals surface area contributed by atoms with Crippen molar-refractivity contribution in [1.29, 1.82) is 0 Å². The average Bonchev–Trinajstić information content (AvgIpc) is 3.44. The second-order valence-corrected chi connectivity index (χ2v) is 10.1. The van der Waals surface area contributed by atoms with E-state index in [1.807, 2.05) is 12.1 Å². The number of benzene rings is 3. The van der Waals surface area contributed by atoms with E-state index in [1.165, 1.54) is 24.3 Å². The molecule has 2 aliphatic rings. The molecule has 3 aromatic rings. The zero-order valence-electron chi connectivity index (χ0n) is 22.6. The molecule has 0 aromatic heterocycles. The summed E-state index contributed by atoms with van der Waals surface area (Å²) in [6, 6.07) is 17.5. The second-order valence-electron chi connectivity index (χ2n) is 10.1. The first-order valence-electron chi connectivity index (χ1n) is 13.0. The quantitative estimate of drug-likeness (QED) is 0.310. The Kier molecular flexibility index (Phi) is 7.09. The van der Waals surface area contributed by atoms with Crippen molar-refractivity contribution in [3.8, 4) is 23.0 Å². The van der Waals surface area contributed by atoms with E-state index in [9.17, 15) is 19.2 Å². The van der Waals surface area contributed by atoms with Crippen molar-refractivity contribution in [2.75, 3.05) is 9.80 Å². The topological polar surface area (TPSA) is 93.2 Å². The van der Waals surface area contributed by atoms with Crippen molar-refractivity contribution < 1.29 is 28.7 Å². The van der Waals surface area contributed by atoms with E-state index in [4.69, 9.17) is 9.47 Å². The molecule has 0 saturated carbocycles. The van der Waals surface area contributed by atoms with Crippen molar-refractivity contribution >= 4 is 35.0 Å². The fourth-order valence-corrected chi connectivity index (χ4v) is 4.68. The molecule has 0 atom stereocenters. The molecule has 0 radical (unpaired) electrons. The number of carbonyl (C=O) groups is 4. The molecule has 2 heterocycles. The normalized spacial score (nSPS) is 14.8. The van der Waals surface area contributed by atoms with Gasteiger partial charge in [0.15, 0.2) is 0 Å². The zero-order valence-corrected chi connectivity index (χ0v) is 22.6. The Balaban J connectivity index is 1.44. The maximum absolute atomic E-state index is 12.0. The van der Waals surface area contributed by atoms with E-state index in [-0.39, 0.29) is 35.5 Å². The molecule has 3 aromatic carbocycles. The maximum atomic E-state index is 12.0. The SMILES string of the molecule is CC(C)c1ccc(Oc2ccc(N3C(=O)C=CC3=O)cc2)c(C(C)C)c1Oc1ccc(N2C(=O)C=CC2=O)cc1. The first-order valence-corrected chi connectivity index (χ1v) is 13.0. The molecular weight excluding hydrogens is 508 g/mol. The second kappa shape index (κ2) is 10.6. The van der Waals surface area contributed by atoms with Gasteiger partial charge in [0, 0.05) is 29.9 Å². The van der Waals surface area contributed by atoms with Gasteiger partial charge < -0.3 is 9.47 Å². The Morgan fingerprint density at radius 2 is 0.950 bits per heavy atom. The molecule has 0 aliphatic carbocycles. The highest BCUT2D eigenvalue weighted by Gasteiger charge is 2.27. The summed E-state index contributed by atoms with van der Waals surface area (Å²) < 4.78 is 12.7. The van der Waals surface area contributed by atoms with Gasteiger partial charge in [-0.1, -0.05) is 33.8 Å². The summed E-state index contributed by atoms with van der Waals surface area (Å²) in [6.45, 7) is 8.28. The summed E-state index contributed by atoms with van der Waals surface area (Å²) in [5, 5.41) is 0. The Hall–Kier alpha value is -4.98. The number of carbonyl (C=O) groups excluding carboxylic acids is 4. The molecule has 0 unspecified atom stereocenters. The summed E-state index contributed by atoms with van der Waals surface area (Å²) in [4.78, 5) is 50.3. The molecule has 5 rings (SSSR count). The number of imide groups is 2. The van der Waals surface area contributed by atoms with Gasteiger partial charge in [-0.05, 0) is 72.0 Å². The molecule has 0 spiro atoms. The zero-order chi connectivity index (χ0) is 28.6. The van der Waals surface area contributed by atoms with Crippen molar-refractivity contribution in [2.45, 2.75) is 39.5 Å². The third kappa shape index (κ3) is 5.03. The van der Waals surface area contributed by atoms with E-state index < -0.39 is 0 Å². The van der Waals surface area contributed by atoms with Crippen LogP contribution < -0.4 is 19.3 Å². The van der Waals surface area contributed by atoms with Gasteiger partial charge in [0.2, 0.25) is 0 Å². The maximum Gasteiger partial charge on any atom is 0.258 e. The van der Waals surface area contributed by atoms with Crippen LogP contribution in [0.5, 0.6) is 23.0 Å². The van der Waals surface area contributed by atoms with Gasteiger partial charge in [-0.25, -0.2) is 9.80 Å². The van der Waals surface area contributed by atoms with E-state index in [0.717, 1.165) is 20.9 Å². The van der Waals surface area contributed by atoms with Crippen LogP contribution >= 0.6 is 0 Å². The summed E-state index contributed by atoms with van der Waals surface area (Å²) in [7, 11) is 0. The lowest BCUT2D eigenvalue weighted by atomic mass is 9.93. The van der Waals surface area contributed by atoms with Crippen LogP contribution in [-0.2, 0) is 19.2 Å². The molecule has 0 N–H and O–H groups in total. The van der Waals surface area contributed by atoms with Gasteiger partial charge in [0.05, 0.1) is 11.4 Å². The minimum absolute atomic E-state index is 0.0408. The Morgan fingerprint density at radius 3 is 1.35 bits per heavy atom. The Morgan fingerprint density at radius 1 is 0.525 bits per heavy atom. The van der Waals surface area contributed by atoms with Crippen LogP contribution in [-0.4, -0.2) is 23.6 Å². The molecule has 40 heavy (non-hydrogen) atoms. The molecule has 2 aliphatic heterocycles. The summed E-state index contributed by atoms with van der Waals surface area (Å²) >= 11 is 0. The average molecular weight is 537 g/mol. The fourth-order valence-electron chi connectivity index (χ4n) is 4.68. The van der Waals surface area contributed by atoms with Crippen LogP contribution in [0.15, 0.2) is 85.0 Å². The number of ether oxygens (including phenoxy) is 2. The minimum Gasteiger partial charge on any atom is -0.457 e. The van der Waals surface area contributed by atoms with E-state index in [1.54, 1.807) is 48.5 Å². The van der Waals surface area contributed by atoms with E-state index in [0.29, 0.717) is 34.4 Å². The van der Waals surface area contributed by atoms with Gasteiger partial charge >= 0.3 is 0 Å². The van der Waals surface area contributed by atoms with Crippen molar-refractivity contribution in [1.82, 2.24) is 0 Å². The molecule has 0 saturated heterocycles. The van der Waals surface area contributed by atoms with Gasteiger partial charge in [-0.3, -0.25) is 19.2 Å². The fraction of sp³-hybridized carbons (Fsp3) is 0.188. The third-order valence-corrected chi connectivity index (χ3v) is 6.64.